The Balaban J connectivity index is 3.02. The van der Waals surface area contributed by atoms with Crippen molar-refractivity contribution in [1.82, 2.24) is 4.90 Å². The highest BCUT2D eigenvalue weighted by Gasteiger charge is 2.19. The number of Topliss-reactive ketones (excluding diaryl/α,β-unsaturated/α-hetero) is 1. The van der Waals surface area contributed by atoms with E-state index in [0.29, 0.717) is 0 Å². The Morgan fingerprint density at radius 3 is 2.50 bits per heavy atom. The topological polar surface area (TPSA) is 66.8 Å². The van der Waals surface area contributed by atoms with Gasteiger partial charge >= 0.3 is 5.97 Å². The second kappa shape index (κ2) is 6.16. The largest absolute Gasteiger partial charge is 0.496 e. The predicted molar refractivity (Wildman–Crippen MR) is 67.2 cm³/mol. The van der Waals surface area contributed by atoms with Crippen LogP contribution in [0.3, 0.4) is 0 Å². The maximum atomic E-state index is 11.5. The van der Waals surface area contributed by atoms with Gasteiger partial charge in [0.05, 0.1) is 12.7 Å². The van der Waals surface area contributed by atoms with Gasteiger partial charge in [0.15, 0.2) is 0 Å². The number of aliphatic carboxylic acids is 1. The van der Waals surface area contributed by atoms with Crippen molar-refractivity contribution in [1.29, 1.82) is 0 Å². The maximum absolute atomic E-state index is 11.5. The minimum absolute atomic E-state index is 0.0984. The highest BCUT2D eigenvalue weighted by atomic mass is 16.5. The van der Waals surface area contributed by atoms with Gasteiger partial charge in [0, 0.05) is 6.54 Å². The molecule has 0 saturated carbocycles. The number of carboxylic acid groups (broad SMARTS) is 1. The number of carbonyl (C=O) groups is 2. The third-order valence-electron chi connectivity index (χ3n) is 2.55. The highest BCUT2D eigenvalue weighted by molar-refractivity contribution is 6.40. The lowest BCUT2D eigenvalue weighted by molar-refractivity contribution is -0.131. The van der Waals surface area contributed by atoms with Crippen LogP contribution in [0, 0.1) is 0 Å². The normalized spacial score (nSPS) is 10.4. The van der Waals surface area contributed by atoms with E-state index >= 15 is 0 Å². The van der Waals surface area contributed by atoms with E-state index in [0.717, 1.165) is 18.5 Å². The van der Waals surface area contributed by atoms with Crippen molar-refractivity contribution in [2.24, 2.45) is 0 Å². The van der Waals surface area contributed by atoms with Gasteiger partial charge in [-0.2, -0.15) is 0 Å². The molecule has 0 aliphatic carbocycles. The third-order valence-corrected chi connectivity index (χ3v) is 2.55. The lowest BCUT2D eigenvalue weighted by Gasteiger charge is -2.11. The molecule has 0 unspecified atom stereocenters. The first kappa shape index (κ1) is 14.2. The van der Waals surface area contributed by atoms with Crippen molar-refractivity contribution in [3.63, 3.8) is 0 Å². The Morgan fingerprint density at radius 2 is 2.00 bits per heavy atom. The molecule has 0 fully saturated rings. The molecule has 0 saturated heterocycles. The minimum atomic E-state index is -1.47. The molecule has 0 heterocycles. The summed E-state index contributed by atoms with van der Waals surface area (Å²) in [6.07, 6.45) is 0.747. The van der Waals surface area contributed by atoms with Gasteiger partial charge in [0.25, 0.3) is 5.78 Å². The molecule has 1 N–H and O–H groups in total. The summed E-state index contributed by atoms with van der Waals surface area (Å²) < 4.78 is 5.00. The van der Waals surface area contributed by atoms with Crippen LogP contribution in [0.25, 0.3) is 0 Å². The van der Waals surface area contributed by atoms with E-state index in [2.05, 4.69) is 0 Å². The summed E-state index contributed by atoms with van der Waals surface area (Å²) in [5.74, 6) is -2.13. The van der Waals surface area contributed by atoms with Crippen molar-refractivity contribution in [2.45, 2.75) is 6.42 Å². The Hall–Kier alpha value is -1.88. The molecule has 0 aromatic heterocycles. The van der Waals surface area contributed by atoms with E-state index in [1.807, 2.05) is 25.1 Å². The van der Waals surface area contributed by atoms with Crippen molar-refractivity contribution in [3.05, 3.63) is 29.3 Å². The van der Waals surface area contributed by atoms with Crippen molar-refractivity contribution in [2.75, 3.05) is 27.7 Å². The zero-order valence-corrected chi connectivity index (χ0v) is 10.8. The van der Waals surface area contributed by atoms with E-state index in [9.17, 15) is 9.59 Å². The summed E-state index contributed by atoms with van der Waals surface area (Å²) >= 11 is 0. The summed E-state index contributed by atoms with van der Waals surface area (Å²) in [6, 6.07) is 5.04. The number of carbonyl (C=O) groups excluding carboxylic acids is 1. The molecule has 0 aliphatic rings. The van der Waals surface area contributed by atoms with E-state index in [1.54, 1.807) is 12.1 Å². The molecular weight excluding hydrogens is 234 g/mol. The van der Waals surface area contributed by atoms with Gasteiger partial charge in [-0.25, -0.2) is 4.79 Å². The maximum Gasteiger partial charge on any atom is 0.377 e. The Morgan fingerprint density at radius 1 is 1.33 bits per heavy atom. The fourth-order valence-corrected chi connectivity index (χ4v) is 1.56. The standard InChI is InChI=1S/C13H17NO4/c1-14(2)7-6-9-4-5-11(18-3)10(8-9)12(15)13(16)17/h4-5,8H,6-7H2,1-3H3,(H,16,17). The molecule has 98 valence electrons. The van der Waals surface area contributed by atoms with Crippen LogP contribution in [0.1, 0.15) is 15.9 Å². The average Bonchev–Trinajstić information content (AvgIpc) is 2.34. The van der Waals surface area contributed by atoms with Crippen LogP contribution in [0.15, 0.2) is 18.2 Å². The van der Waals surface area contributed by atoms with Crippen LogP contribution in [0.5, 0.6) is 5.75 Å². The number of ether oxygens (including phenoxy) is 1. The molecule has 0 bridgehead atoms. The first-order valence-corrected chi connectivity index (χ1v) is 5.55. The SMILES string of the molecule is COc1ccc(CCN(C)C)cc1C(=O)C(=O)O. The smallest absolute Gasteiger partial charge is 0.377 e. The van der Waals surface area contributed by atoms with E-state index in [-0.39, 0.29) is 11.3 Å². The Labute approximate surface area is 106 Å². The zero-order valence-electron chi connectivity index (χ0n) is 10.8. The molecule has 1 aromatic rings. The van der Waals surface area contributed by atoms with Crippen LogP contribution >= 0.6 is 0 Å². The molecule has 1 aromatic carbocycles. The number of ketones is 1. The number of likely N-dealkylation sites (N-methyl/N-ethyl adjacent to an activating group) is 1. The quantitative estimate of drug-likeness (QED) is 0.605. The average molecular weight is 251 g/mol. The number of hydrogen-bond acceptors (Lipinski definition) is 4. The lowest BCUT2D eigenvalue weighted by Crippen LogP contribution is -2.17. The summed E-state index contributed by atoms with van der Waals surface area (Å²) in [5, 5.41) is 8.75. The number of nitrogens with zero attached hydrogens (tertiary/aromatic N) is 1. The number of benzene rings is 1. The molecule has 5 heteroatoms. The van der Waals surface area contributed by atoms with Gasteiger partial charge in [0.1, 0.15) is 5.75 Å². The van der Waals surface area contributed by atoms with Gasteiger partial charge in [-0.1, -0.05) is 6.07 Å². The molecule has 0 aliphatic heterocycles. The number of rotatable bonds is 6. The molecular formula is C13H17NO4. The number of carboxylic acids is 1. The molecule has 0 spiro atoms. The monoisotopic (exact) mass is 251 g/mol. The first-order valence-electron chi connectivity index (χ1n) is 5.55. The number of methoxy groups -OCH3 is 1. The second-order valence-electron chi connectivity index (χ2n) is 4.22. The third kappa shape index (κ3) is 3.56. The summed E-state index contributed by atoms with van der Waals surface area (Å²) in [4.78, 5) is 24.3. The predicted octanol–water partition coefficient (Wildman–Crippen LogP) is 1.07. The highest BCUT2D eigenvalue weighted by Crippen LogP contribution is 2.21. The van der Waals surface area contributed by atoms with E-state index in [4.69, 9.17) is 9.84 Å². The summed E-state index contributed by atoms with van der Waals surface area (Å²) in [5.41, 5.74) is 1.01. The molecule has 18 heavy (non-hydrogen) atoms. The van der Waals surface area contributed by atoms with Crippen LogP contribution in [0.2, 0.25) is 0 Å². The van der Waals surface area contributed by atoms with Gasteiger partial charge < -0.3 is 14.7 Å². The Bertz CT molecular complexity index is 454. The zero-order chi connectivity index (χ0) is 13.7. The van der Waals surface area contributed by atoms with Crippen molar-refractivity contribution in [3.8, 4) is 5.75 Å². The van der Waals surface area contributed by atoms with Crippen molar-refractivity contribution < 1.29 is 19.4 Å². The van der Waals surface area contributed by atoms with Crippen LogP contribution in [-0.4, -0.2) is 49.5 Å². The Kier molecular flexibility index (Phi) is 4.85. The van der Waals surface area contributed by atoms with Crippen LogP contribution < -0.4 is 4.74 Å². The fraction of sp³-hybridized carbons (Fsp3) is 0.385. The van der Waals surface area contributed by atoms with Gasteiger partial charge in [-0.3, -0.25) is 4.79 Å². The van der Waals surface area contributed by atoms with Gasteiger partial charge in [-0.05, 0) is 38.2 Å². The molecule has 1 rings (SSSR count). The van der Waals surface area contributed by atoms with Gasteiger partial charge in [0.2, 0.25) is 0 Å². The summed E-state index contributed by atoms with van der Waals surface area (Å²) in [7, 11) is 5.31. The molecule has 5 nitrogen and oxygen atoms in total. The van der Waals surface area contributed by atoms with E-state index < -0.39 is 11.8 Å². The fourth-order valence-electron chi connectivity index (χ4n) is 1.56. The van der Waals surface area contributed by atoms with Crippen LogP contribution in [0.4, 0.5) is 0 Å². The lowest BCUT2D eigenvalue weighted by atomic mass is 10.0. The minimum Gasteiger partial charge on any atom is -0.496 e. The summed E-state index contributed by atoms with van der Waals surface area (Å²) in [6.45, 7) is 0.826. The molecule has 0 radical (unpaired) electrons. The van der Waals surface area contributed by atoms with E-state index in [1.165, 1.54) is 7.11 Å². The number of hydrogen-bond donors (Lipinski definition) is 1. The van der Waals surface area contributed by atoms with Gasteiger partial charge in [-0.15, -0.1) is 0 Å². The first-order chi connectivity index (χ1) is 8.45. The molecule has 0 amide bonds. The second-order valence-corrected chi connectivity index (χ2v) is 4.22. The molecule has 0 atom stereocenters. The van der Waals surface area contributed by atoms with Crippen molar-refractivity contribution >= 4 is 11.8 Å². The van der Waals surface area contributed by atoms with Crippen LogP contribution in [-0.2, 0) is 11.2 Å².